The molecular formula is C9H15N3O5S2. The average molecular weight is 309 g/mol. The van der Waals surface area contributed by atoms with Crippen molar-refractivity contribution >= 4 is 26.8 Å². The molecule has 0 saturated heterocycles. The Balaban J connectivity index is 3.04. The number of aromatic amines is 1. The van der Waals surface area contributed by atoms with Gasteiger partial charge in [0, 0.05) is 28.9 Å². The lowest BCUT2D eigenvalue weighted by atomic mass is 10.4. The van der Waals surface area contributed by atoms with Crippen molar-refractivity contribution in [1.82, 2.24) is 14.9 Å². The first-order valence-corrected chi connectivity index (χ1v) is 8.37. The van der Waals surface area contributed by atoms with E-state index < -0.39 is 37.4 Å². The van der Waals surface area contributed by atoms with Crippen LogP contribution in [0, 0.1) is 6.92 Å². The number of H-pyrrole nitrogens is 1. The van der Waals surface area contributed by atoms with Crippen LogP contribution in [0.15, 0.2) is 4.90 Å². The Labute approximate surface area is 113 Å². The molecule has 8 nitrogen and oxygen atoms in total. The summed E-state index contributed by atoms with van der Waals surface area (Å²) in [5, 5.41) is 14.3. The van der Waals surface area contributed by atoms with Crippen molar-refractivity contribution in [2.24, 2.45) is 0 Å². The molecule has 2 unspecified atom stereocenters. The highest BCUT2D eigenvalue weighted by atomic mass is 32.2. The van der Waals surface area contributed by atoms with Gasteiger partial charge in [-0.15, -0.1) is 0 Å². The van der Waals surface area contributed by atoms with Crippen LogP contribution in [-0.2, 0) is 20.8 Å². The molecule has 0 bridgehead atoms. The van der Waals surface area contributed by atoms with Crippen LogP contribution in [0.25, 0.3) is 0 Å². The second kappa shape index (κ2) is 5.80. The van der Waals surface area contributed by atoms with E-state index in [9.17, 15) is 17.4 Å². The number of nitrogens with zero attached hydrogens (tertiary/aromatic N) is 1. The highest BCUT2D eigenvalue weighted by molar-refractivity contribution is 7.89. The standard InChI is InChI=1S/C9H15N3O5S2/c1-5(18(3)15)4-10-19(16,17)8-6(2)11-12-7(8)9(13)14/h5,10H,4H2,1-3H3,(H,11,12)(H,13,14). The van der Waals surface area contributed by atoms with Gasteiger partial charge in [0.05, 0.1) is 5.69 Å². The van der Waals surface area contributed by atoms with Crippen LogP contribution in [0.4, 0.5) is 0 Å². The number of aryl methyl sites for hydroxylation is 1. The third-order valence-electron chi connectivity index (χ3n) is 2.49. The maximum atomic E-state index is 12.0. The van der Waals surface area contributed by atoms with E-state index in [4.69, 9.17) is 5.11 Å². The summed E-state index contributed by atoms with van der Waals surface area (Å²) in [6.07, 6.45) is 1.46. The number of hydrogen-bond donors (Lipinski definition) is 3. The van der Waals surface area contributed by atoms with E-state index in [-0.39, 0.29) is 17.5 Å². The van der Waals surface area contributed by atoms with Gasteiger partial charge in [-0.25, -0.2) is 17.9 Å². The Hall–Kier alpha value is -1.26. The van der Waals surface area contributed by atoms with Gasteiger partial charge in [0.1, 0.15) is 4.90 Å². The molecule has 0 amide bonds. The zero-order valence-corrected chi connectivity index (χ0v) is 12.3. The molecule has 1 aromatic heterocycles. The van der Waals surface area contributed by atoms with Crippen LogP contribution in [0.5, 0.6) is 0 Å². The van der Waals surface area contributed by atoms with Crippen LogP contribution in [0.2, 0.25) is 0 Å². The molecule has 0 aliphatic rings. The van der Waals surface area contributed by atoms with Crippen LogP contribution in [0.3, 0.4) is 0 Å². The third-order valence-corrected chi connectivity index (χ3v) is 5.37. The number of sulfonamides is 1. The van der Waals surface area contributed by atoms with E-state index in [2.05, 4.69) is 14.9 Å². The number of carboxylic acid groups (broad SMARTS) is 1. The van der Waals surface area contributed by atoms with Gasteiger partial charge in [-0.3, -0.25) is 9.31 Å². The third kappa shape index (κ3) is 3.61. The molecule has 0 radical (unpaired) electrons. The molecule has 1 rings (SSSR count). The fraction of sp³-hybridized carbons (Fsp3) is 0.556. The number of aromatic nitrogens is 2. The van der Waals surface area contributed by atoms with Crippen molar-refractivity contribution < 1.29 is 22.5 Å². The van der Waals surface area contributed by atoms with E-state index in [0.717, 1.165) is 0 Å². The van der Waals surface area contributed by atoms with Gasteiger partial charge in [-0.1, -0.05) is 0 Å². The van der Waals surface area contributed by atoms with Crippen molar-refractivity contribution in [1.29, 1.82) is 0 Å². The van der Waals surface area contributed by atoms with E-state index in [1.54, 1.807) is 6.92 Å². The molecule has 0 spiro atoms. The lowest BCUT2D eigenvalue weighted by molar-refractivity contribution is 0.0686. The SMILES string of the molecule is Cc1[nH]nc(C(=O)O)c1S(=O)(=O)NCC(C)S(C)=O. The average Bonchev–Trinajstić information content (AvgIpc) is 2.68. The van der Waals surface area contributed by atoms with Gasteiger partial charge in [0.2, 0.25) is 10.0 Å². The largest absolute Gasteiger partial charge is 0.476 e. The molecule has 0 aromatic carbocycles. The Morgan fingerprint density at radius 2 is 2.16 bits per heavy atom. The molecule has 3 N–H and O–H groups in total. The molecule has 1 heterocycles. The lowest BCUT2D eigenvalue weighted by Crippen LogP contribution is -2.33. The number of aromatic carboxylic acids is 1. The van der Waals surface area contributed by atoms with Crippen molar-refractivity contribution in [2.75, 3.05) is 12.8 Å². The first-order chi connectivity index (χ1) is 8.66. The van der Waals surface area contributed by atoms with Crippen molar-refractivity contribution in [2.45, 2.75) is 24.0 Å². The molecule has 10 heteroatoms. The summed E-state index contributed by atoms with van der Waals surface area (Å²) in [6.45, 7) is 2.99. The number of rotatable bonds is 6. The number of hydrogen-bond acceptors (Lipinski definition) is 5. The summed E-state index contributed by atoms with van der Waals surface area (Å²) in [6, 6.07) is 0. The quantitative estimate of drug-likeness (QED) is 0.647. The smallest absolute Gasteiger partial charge is 0.357 e. The predicted octanol–water partition coefficient (Wildman–Crippen LogP) is -0.538. The van der Waals surface area contributed by atoms with Crippen molar-refractivity contribution in [3.8, 4) is 0 Å². The Kier molecular flexibility index (Phi) is 4.82. The topological polar surface area (TPSA) is 129 Å². The molecule has 1 aromatic rings. The lowest BCUT2D eigenvalue weighted by Gasteiger charge is -2.10. The second-order valence-electron chi connectivity index (χ2n) is 3.99. The normalized spacial score (nSPS) is 15.1. The molecule has 0 aliphatic carbocycles. The maximum Gasteiger partial charge on any atom is 0.357 e. The summed E-state index contributed by atoms with van der Waals surface area (Å²) in [5.74, 6) is -1.43. The molecule has 0 fully saturated rings. The highest BCUT2D eigenvalue weighted by Gasteiger charge is 2.28. The summed E-state index contributed by atoms with van der Waals surface area (Å²) in [4.78, 5) is 10.5. The second-order valence-corrected chi connectivity index (χ2v) is 7.50. The van der Waals surface area contributed by atoms with Crippen LogP contribution in [-0.4, -0.2) is 52.0 Å². The predicted molar refractivity (Wildman–Crippen MR) is 69.0 cm³/mol. The Morgan fingerprint density at radius 1 is 1.58 bits per heavy atom. The van der Waals surface area contributed by atoms with E-state index in [1.807, 2.05) is 0 Å². The van der Waals surface area contributed by atoms with Gasteiger partial charge >= 0.3 is 5.97 Å². The number of nitrogens with one attached hydrogen (secondary N) is 2. The van der Waals surface area contributed by atoms with Gasteiger partial charge in [0.25, 0.3) is 0 Å². The summed E-state index contributed by atoms with van der Waals surface area (Å²) < 4.78 is 37.5. The molecule has 0 aliphatic heterocycles. The van der Waals surface area contributed by atoms with E-state index in [1.165, 1.54) is 13.2 Å². The number of carbonyl (C=O) groups is 1. The van der Waals surface area contributed by atoms with Gasteiger partial charge in [-0.05, 0) is 13.8 Å². The summed E-state index contributed by atoms with van der Waals surface area (Å²) in [7, 11) is -5.19. The monoisotopic (exact) mass is 309 g/mol. The molecular weight excluding hydrogens is 294 g/mol. The minimum atomic E-state index is -4.01. The first kappa shape index (κ1) is 15.8. The van der Waals surface area contributed by atoms with Gasteiger partial charge < -0.3 is 5.11 Å². The van der Waals surface area contributed by atoms with Crippen LogP contribution in [0.1, 0.15) is 23.1 Å². The van der Waals surface area contributed by atoms with Crippen LogP contribution < -0.4 is 4.72 Å². The summed E-state index contributed by atoms with van der Waals surface area (Å²) in [5.41, 5.74) is -0.426. The minimum absolute atomic E-state index is 0.0465. The zero-order chi connectivity index (χ0) is 14.8. The van der Waals surface area contributed by atoms with Gasteiger partial charge in [0.15, 0.2) is 5.69 Å². The molecule has 2 atom stereocenters. The maximum absolute atomic E-state index is 12.0. The molecule has 0 saturated carbocycles. The Morgan fingerprint density at radius 3 is 2.63 bits per heavy atom. The minimum Gasteiger partial charge on any atom is -0.476 e. The summed E-state index contributed by atoms with van der Waals surface area (Å²) >= 11 is 0. The zero-order valence-electron chi connectivity index (χ0n) is 10.6. The highest BCUT2D eigenvalue weighted by Crippen LogP contribution is 2.17. The fourth-order valence-electron chi connectivity index (χ4n) is 1.31. The van der Waals surface area contributed by atoms with E-state index >= 15 is 0 Å². The molecule has 108 valence electrons. The van der Waals surface area contributed by atoms with Crippen molar-refractivity contribution in [3.05, 3.63) is 11.4 Å². The number of carboxylic acids is 1. The Bertz CT molecular complexity index is 607. The van der Waals surface area contributed by atoms with Gasteiger partial charge in [-0.2, -0.15) is 5.10 Å². The van der Waals surface area contributed by atoms with E-state index in [0.29, 0.717) is 0 Å². The van der Waals surface area contributed by atoms with Crippen molar-refractivity contribution in [3.63, 3.8) is 0 Å². The van der Waals surface area contributed by atoms with Crippen LogP contribution >= 0.6 is 0 Å². The fourth-order valence-corrected chi connectivity index (χ4v) is 3.18. The molecule has 19 heavy (non-hydrogen) atoms. The first-order valence-electron chi connectivity index (χ1n) is 5.27.